The van der Waals surface area contributed by atoms with E-state index in [4.69, 9.17) is 0 Å². The molecular formula is C14H16N4S. The number of nitrogens with one attached hydrogen (secondary N) is 1. The topological polar surface area (TPSA) is 42.7 Å². The first-order valence-electron chi connectivity index (χ1n) is 6.40. The van der Waals surface area contributed by atoms with Gasteiger partial charge < -0.3 is 5.32 Å². The number of hydrogen-bond donors (Lipinski definition) is 1. The molecule has 98 valence electrons. The molecule has 1 N–H and O–H groups in total. The van der Waals surface area contributed by atoms with E-state index in [9.17, 15) is 0 Å². The lowest BCUT2D eigenvalue weighted by atomic mass is 10.2. The molecule has 0 amide bonds. The van der Waals surface area contributed by atoms with Gasteiger partial charge in [0.15, 0.2) is 5.13 Å². The zero-order valence-electron chi connectivity index (χ0n) is 10.8. The van der Waals surface area contributed by atoms with Crippen molar-refractivity contribution in [3.8, 4) is 0 Å². The SMILES string of the molecule is Cc1cccc2sc(NCCCn3cccn3)nc12. The molecule has 0 bridgehead atoms. The van der Waals surface area contributed by atoms with E-state index in [1.807, 2.05) is 23.1 Å². The number of hydrogen-bond acceptors (Lipinski definition) is 4. The van der Waals surface area contributed by atoms with Gasteiger partial charge in [0.25, 0.3) is 0 Å². The summed E-state index contributed by atoms with van der Waals surface area (Å²) in [6, 6.07) is 8.25. The Morgan fingerprint density at radius 1 is 1.32 bits per heavy atom. The molecule has 0 saturated heterocycles. The Hall–Kier alpha value is -1.88. The van der Waals surface area contributed by atoms with Gasteiger partial charge in [0.05, 0.1) is 10.2 Å². The van der Waals surface area contributed by atoms with Gasteiger partial charge in [-0.2, -0.15) is 5.10 Å². The van der Waals surface area contributed by atoms with Crippen molar-refractivity contribution < 1.29 is 0 Å². The highest BCUT2D eigenvalue weighted by atomic mass is 32.1. The van der Waals surface area contributed by atoms with Crippen LogP contribution in [0.3, 0.4) is 0 Å². The highest BCUT2D eigenvalue weighted by Gasteiger charge is 2.04. The normalized spacial score (nSPS) is 11.0. The number of para-hydroxylation sites is 1. The first-order chi connectivity index (χ1) is 9.33. The summed E-state index contributed by atoms with van der Waals surface area (Å²) in [4.78, 5) is 4.63. The monoisotopic (exact) mass is 272 g/mol. The summed E-state index contributed by atoms with van der Waals surface area (Å²) >= 11 is 1.71. The number of anilines is 1. The number of fused-ring (bicyclic) bond motifs is 1. The predicted octanol–water partition coefficient (Wildman–Crippen LogP) is 3.30. The van der Waals surface area contributed by atoms with Crippen molar-refractivity contribution in [1.29, 1.82) is 0 Å². The van der Waals surface area contributed by atoms with Gasteiger partial charge in [0, 0.05) is 25.5 Å². The largest absolute Gasteiger partial charge is 0.361 e. The number of benzene rings is 1. The molecular weight excluding hydrogens is 256 g/mol. The van der Waals surface area contributed by atoms with Gasteiger partial charge in [-0.3, -0.25) is 4.68 Å². The maximum atomic E-state index is 4.63. The fourth-order valence-corrected chi connectivity index (χ4v) is 3.00. The van der Waals surface area contributed by atoms with Gasteiger partial charge >= 0.3 is 0 Å². The number of aryl methyl sites for hydroxylation is 2. The molecule has 0 spiro atoms. The summed E-state index contributed by atoms with van der Waals surface area (Å²) in [5.41, 5.74) is 2.35. The number of rotatable bonds is 5. The standard InChI is InChI=1S/C14H16N4S/c1-11-5-2-6-12-13(11)17-14(19-12)15-7-3-9-18-10-4-8-16-18/h2,4-6,8,10H,3,7,9H2,1H3,(H,15,17). The van der Waals surface area contributed by atoms with Crippen molar-refractivity contribution in [2.24, 2.45) is 0 Å². The van der Waals surface area contributed by atoms with E-state index in [1.165, 1.54) is 10.3 Å². The molecule has 0 aliphatic heterocycles. The second-order valence-corrected chi connectivity index (χ2v) is 5.52. The number of nitrogens with zero attached hydrogens (tertiary/aromatic N) is 3. The molecule has 0 aliphatic rings. The van der Waals surface area contributed by atoms with E-state index >= 15 is 0 Å². The molecule has 1 aromatic carbocycles. The molecule has 5 heteroatoms. The smallest absolute Gasteiger partial charge is 0.183 e. The summed E-state index contributed by atoms with van der Waals surface area (Å²) in [6.45, 7) is 3.95. The molecule has 0 radical (unpaired) electrons. The average molecular weight is 272 g/mol. The van der Waals surface area contributed by atoms with Crippen LogP contribution in [0.1, 0.15) is 12.0 Å². The molecule has 3 aromatic rings. The van der Waals surface area contributed by atoms with Crippen LogP contribution in [0.25, 0.3) is 10.2 Å². The van der Waals surface area contributed by atoms with Crippen molar-refractivity contribution in [2.45, 2.75) is 19.9 Å². The van der Waals surface area contributed by atoms with Crippen LogP contribution in [-0.2, 0) is 6.54 Å². The Kier molecular flexibility index (Phi) is 3.46. The lowest BCUT2D eigenvalue weighted by Crippen LogP contribution is -2.06. The third kappa shape index (κ3) is 2.76. The molecule has 4 nitrogen and oxygen atoms in total. The van der Waals surface area contributed by atoms with Crippen LogP contribution in [0.2, 0.25) is 0 Å². The van der Waals surface area contributed by atoms with Gasteiger partial charge in [-0.1, -0.05) is 23.5 Å². The Bertz CT molecular complexity index is 657. The zero-order valence-corrected chi connectivity index (χ0v) is 11.7. The van der Waals surface area contributed by atoms with Crippen LogP contribution in [0, 0.1) is 6.92 Å². The maximum absolute atomic E-state index is 4.63. The molecule has 3 rings (SSSR count). The van der Waals surface area contributed by atoms with E-state index in [0.29, 0.717) is 0 Å². The molecule has 2 heterocycles. The van der Waals surface area contributed by atoms with Crippen LogP contribution < -0.4 is 5.32 Å². The summed E-state index contributed by atoms with van der Waals surface area (Å²) in [6.07, 6.45) is 4.83. The van der Waals surface area contributed by atoms with E-state index in [2.05, 4.69) is 40.5 Å². The third-order valence-electron chi connectivity index (χ3n) is 3.02. The molecule has 0 atom stereocenters. The van der Waals surface area contributed by atoms with Gasteiger partial charge in [-0.05, 0) is 31.0 Å². The quantitative estimate of drug-likeness (QED) is 0.725. The molecule has 2 aromatic heterocycles. The van der Waals surface area contributed by atoms with Gasteiger partial charge in [0.2, 0.25) is 0 Å². The van der Waals surface area contributed by atoms with E-state index in [1.54, 1.807) is 11.3 Å². The predicted molar refractivity (Wildman–Crippen MR) is 79.7 cm³/mol. The van der Waals surface area contributed by atoms with E-state index in [0.717, 1.165) is 30.2 Å². The Labute approximate surface area is 116 Å². The van der Waals surface area contributed by atoms with Crippen molar-refractivity contribution in [1.82, 2.24) is 14.8 Å². The first kappa shape index (κ1) is 12.2. The minimum absolute atomic E-state index is 0.915. The van der Waals surface area contributed by atoms with Crippen LogP contribution in [0.15, 0.2) is 36.7 Å². The average Bonchev–Trinajstić information content (AvgIpc) is 3.04. The van der Waals surface area contributed by atoms with Crippen LogP contribution >= 0.6 is 11.3 Å². The van der Waals surface area contributed by atoms with Gasteiger partial charge in [0.1, 0.15) is 0 Å². The van der Waals surface area contributed by atoms with Crippen LogP contribution in [0.4, 0.5) is 5.13 Å². The lowest BCUT2D eigenvalue weighted by molar-refractivity contribution is 0.592. The maximum Gasteiger partial charge on any atom is 0.183 e. The third-order valence-corrected chi connectivity index (χ3v) is 4.00. The van der Waals surface area contributed by atoms with Crippen LogP contribution in [-0.4, -0.2) is 21.3 Å². The zero-order chi connectivity index (χ0) is 13.1. The first-order valence-corrected chi connectivity index (χ1v) is 7.22. The van der Waals surface area contributed by atoms with Crippen molar-refractivity contribution in [3.63, 3.8) is 0 Å². The highest BCUT2D eigenvalue weighted by molar-refractivity contribution is 7.22. The molecule has 0 fully saturated rings. The number of aromatic nitrogens is 3. The van der Waals surface area contributed by atoms with Crippen molar-refractivity contribution >= 4 is 26.7 Å². The highest BCUT2D eigenvalue weighted by Crippen LogP contribution is 2.27. The second-order valence-electron chi connectivity index (χ2n) is 4.49. The summed E-state index contributed by atoms with van der Waals surface area (Å²) < 4.78 is 3.19. The van der Waals surface area contributed by atoms with Gasteiger partial charge in [-0.15, -0.1) is 0 Å². The summed E-state index contributed by atoms with van der Waals surface area (Å²) in [7, 11) is 0. The fraction of sp³-hybridized carbons (Fsp3) is 0.286. The summed E-state index contributed by atoms with van der Waals surface area (Å²) in [5, 5.41) is 8.58. The van der Waals surface area contributed by atoms with Crippen molar-refractivity contribution in [2.75, 3.05) is 11.9 Å². The Morgan fingerprint density at radius 2 is 2.26 bits per heavy atom. The summed E-state index contributed by atoms with van der Waals surface area (Å²) in [5.74, 6) is 0. The molecule has 0 saturated carbocycles. The Morgan fingerprint density at radius 3 is 3.05 bits per heavy atom. The molecule has 19 heavy (non-hydrogen) atoms. The second kappa shape index (κ2) is 5.40. The molecule has 0 aliphatic carbocycles. The Balaban J connectivity index is 1.58. The minimum Gasteiger partial charge on any atom is -0.361 e. The molecule has 0 unspecified atom stereocenters. The van der Waals surface area contributed by atoms with E-state index < -0.39 is 0 Å². The van der Waals surface area contributed by atoms with Crippen LogP contribution in [0.5, 0.6) is 0 Å². The minimum atomic E-state index is 0.915. The van der Waals surface area contributed by atoms with Gasteiger partial charge in [-0.25, -0.2) is 4.98 Å². The lowest BCUT2D eigenvalue weighted by Gasteiger charge is -2.02. The fourth-order valence-electron chi connectivity index (χ4n) is 2.03. The number of thiazole rings is 1. The van der Waals surface area contributed by atoms with E-state index in [-0.39, 0.29) is 0 Å². The van der Waals surface area contributed by atoms with Crippen molar-refractivity contribution in [3.05, 3.63) is 42.2 Å².